The minimum Gasteiger partial charge on any atom is -0.459 e. The number of hydrogen-bond donors (Lipinski definition) is 0. The van der Waals surface area contributed by atoms with Crippen molar-refractivity contribution in [3.8, 4) is 0 Å². The standard InChI is InChI=1S/C14H16N4O2/c1-11-4-5-13(16-15-11)17-6-8-18(9-7-17)14(19)12-3-2-10-20-12/h2-5,10H,6-9H2,1H3. The molecule has 6 heteroatoms. The monoisotopic (exact) mass is 272 g/mol. The van der Waals surface area contributed by atoms with Crippen molar-refractivity contribution in [1.29, 1.82) is 0 Å². The molecule has 2 aromatic rings. The third-order valence-corrected chi connectivity index (χ3v) is 3.41. The van der Waals surface area contributed by atoms with Crippen molar-refractivity contribution in [3.63, 3.8) is 0 Å². The molecule has 104 valence electrons. The minimum absolute atomic E-state index is 0.0513. The number of anilines is 1. The van der Waals surface area contributed by atoms with Gasteiger partial charge in [0.15, 0.2) is 11.6 Å². The summed E-state index contributed by atoms with van der Waals surface area (Å²) < 4.78 is 5.15. The molecule has 0 bridgehead atoms. The Bertz CT molecular complexity index is 572. The van der Waals surface area contributed by atoms with Gasteiger partial charge in [-0.05, 0) is 31.2 Å². The maximum atomic E-state index is 12.1. The van der Waals surface area contributed by atoms with Gasteiger partial charge >= 0.3 is 0 Å². The van der Waals surface area contributed by atoms with Crippen LogP contribution in [0.3, 0.4) is 0 Å². The molecule has 0 saturated carbocycles. The molecule has 0 aromatic carbocycles. The maximum Gasteiger partial charge on any atom is 0.289 e. The van der Waals surface area contributed by atoms with E-state index in [0.29, 0.717) is 18.8 Å². The Labute approximate surface area is 117 Å². The van der Waals surface area contributed by atoms with Gasteiger partial charge in [-0.3, -0.25) is 4.79 Å². The highest BCUT2D eigenvalue weighted by Gasteiger charge is 2.24. The molecule has 0 radical (unpaired) electrons. The molecule has 20 heavy (non-hydrogen) atoms. The van der Waals surface area contributed by atoms with Crippen molar-refractivity contribution in [1.82, 2.24) is 15.1 Å². The summed E-state index contributed by atoms with van der Waals surface area (Å²) in [5.74, 6) is 1.21. The van der Waals surface area contributed by atoms with E-state index in [9.17, 15) is 4.79 Å². The molecule has 1 saturated heterocycles. The Morgan fingerprint density at radius 2 is 1.95 bits per heavy atom. The van der Waals surface area contributed by atoms with Crippen LogP contribution in [0.5, 0.6) is 0 Å². The highest BCUT2D eigenvalue weighted by atomic mass is 16.3. The van der Waals surface area contributed by atoms with E-state index in [-0.39, 0.29) is 5.91 Å². The second kappa shape index (κ2) is 5.32. The van der Waals surface area contributed by atoms with E-state index >= 15 is 0 Å². The number of rotatable bonds is 2. The Balaban J connectivity index is 1.62. The number of piperazine rings is 1. The smallest absolute Gasteiger partial charge is 0.289 e. The minimum atomic E-state index is -0.0513. The predicted octanol–water partition coefficient (Wildman–Crippen LogP) is 1.34. The second-order valence-electron chi connectivity index (χ2n) is 4.79. The first kappa shape index (κ1) is 12.7. The molecule has 0 unspecified atom stereocenters. The van der Waals surface area contributed by atoms with E-state index in [1.807, 2.05) is 19.1 Å². The molecule has 3 heterocycles. The Morgan fingerprint density at radius 3 is 2.55 bits per heavy atom. The lowest BCUT2D eigenvalue weighted by Gasteiger charge is -2.34. The van der Waals surface area contributed by atoms with Gasteiger partial charge in [0.05, 0.1) is 12.0 Å². The molecule has 6 nitrogen and oxygen atoms in total. The summed E-state index contributed by atoms with van der Waals surface area (Å²) in [6.07, 6.45) is 1.52. The van der Waals surface area contributed by atoms with Gasteiger partial charge in [-0.2, -0.15) is 5.10 Å². The summed E-state index contributed by atoms with van der Waals surface area (Å²) in [4.78, 5) is 16.1. The third-order valence-electron chi connectivity index (χ3n) is 3.41. The molecule has 1 amide bonds. The Kier molecular flexibility index (Phi) is 3.37. The Morgan fingerprint density at radius 1 is 1.15 bits per heavy atom. The molecule has 1 fully saturated rings. The summed E-state index contributed by atoms with van der Waals surface area (Å²) in [6.45, 7) is 4.75. The number of aryl methyl sites for hydroxylation is 1. The number of carbonyl (C=O) groups is 1. The predicted molar refractivity (Wildman–Crippen MR) is 73.6 cm³/mol. The van der Waals surface area contributed by atoms with Gasteiger partial charge in [-0.1, -0.05) is 0 Å². The van der Waals surface area contributed by atoms with Crippen LogP contribution in [0.25, 0.3) is 0 Å². The summed E-state index contributed by atoms with van der Waals surface area (Å²) in [5.41, 5.74) is 0.903. The zero-order valence-electron chi connectivity index (χ0n) is 11.3. The lowest BCUT2D eigenvalue weighted by molar-refractivity contribution is 0.0714. The van der Waals surface area contributed by atoms with E-state index in [2.05, 4.69) is 15.1 Å². The van der Waals surface area contributed by atoms with E-state index < -0.39 is 0 Å². The topological polar surface area (TPSA) is 62.5 Å². The van der Waals surface area contributed by atoms with Gasteiger partial charge < -0.3 is 14.2 Å². The van der Waals surface area contributed by atoms with E-state index in [4.69, 9.17) is 4.42 Å². The number of aromatic nitrogens is 2. The van der Waals surface area contributed by atoms with Gasteiger partial charge in [0.1, 0.15) is 0 Å². The van der Waals surface area contributed by atoms with E-state index in [1.54, 1.807) is 17.0 Å². The zero-order chi connectivity index (χ0) is 13.9. The number of hydrogen-bond acceptors (Lipinski definition) is 5. The number of amides is 1. The molecule has 0 N–H and O–H groups in total. The van der Waals surface area contributed by atoms with Crippen LogP contribution in [-0.2, 0) is 0 Å². The Hall–Kier alpha value is -2.37. The summed E-state index contributed by atoms with van der Waals surface area (Å²) in [5, 5.41) is 8.24. The van der Waals surface area contributed by atoms with Crippen molar-refractivity contribution >= 4 is 11.7 Å². The molecule has 0 spiro atoms. The first-order valence-corrected chi connectivity index (χ1v) is 6.62. The molecule has 0 aliphatic carbocycles. The fraction of sp³-hybridized carbons (Fsp3) is 0.357. The SMILES string of the molecule is Cc1ccc(N2CCN(C(=O)c3ccco3)CC2)nn1. The summed E-state index contributed by atoms with van der Waals surface area (Å²) >= 11 is 0. The van der Waals surface area contributed by atoms with Crippen molar-refractivity contribution in [2.75, 3.05) is 31.1 Å². The normalized spacial score (nSPS) is 15.4. The van der Waals surface area contributed by atoms with Crippen LogP contribution in [-0.4, -0.2) is 47.2 Å². The molecule has 3 rings (SSSR count). The first-order valence-electron chi connectivity index (χ1n) is 6.62. The van der Waals surface area contributed by atoms with E-state index in [0.717, 1.165) is 24.6 Å². The van der Waals surface area contributed by atoms with Crippen LogP contribution in [0, 0.1) is 6.92 Å². The van der Waals surface area contributed by atoms with Crippen molar-refractivity contribution in [2.24, 2.45) is 0 Å². The molecule has 1 aliphatic heterocycles. The summed E-state index contributed by atoms with van der Waals surface area (Å²) in [7, 11) is 0. The van der Waals surface area contributed by atoms with Crippen molar-refractivity contribution in [3.05, 3.63) is 42.0 Å². The fourth-order valence-electron chi connectivity index (χ4n) is 2.26. The average molecular weight is 272 g/mol. The molecule has 1 aliphatic rings. The largest absolute Gasteiger partial charge is 0.459 e. The van der Waals surface area contributed by atoms with Crippen LogP contribution in [0.2, 0.25) is 0 Å². The van der Waals surface area contributed by atoms with Crippen LogP contribution in [0.1, 0.15) is 16.2 Å². The summed E-state index contributed by atoms with van der Waals surface area (Å²) in [6, 6.07) is 7.33. The number of nitrogens with zero attached hydrogens (tertiary/aromatic N) is 4. The maximum absolute atomic E-state index is 12.1. The van der Waals surface area contributed by atoms with Gasteiger partial charge in [0.2, 0.25) is 0 Å². The van der Waals surface area contributed by atoms with Gasteiger partial charge in [-0.15, -0.1) is 5.10 Å². The quantitative estimate of drug-likeness (QED) is 0.825. The van der Waals surface area contributed by atoms with Gasteiger partial charge in [0, 0.05) is 26.2 Å². The lowest BCUT2D eigenvalue weighted by Crippen LogP contribution is -2.49. The van der Waals surface area contributed by atoms with E-state index in [1.165, 1.54) is 6.26 Å². The van der Waals surface area contributed by atoms with Crippen LogP contribution < -0.4 is 4.90 Å². The number of furan rings is 1. The van der Waals surface area contributed by atoms with Crippen molar-refractivity contribution in [2.45, 2.75) is 6.92 Å². The average Bonchev–Trinajstić information content (AvgIpc) is 3.02. The second-order valence-corrected chi connectivity index (χ2v) is 4.79. The first-order chi connectivity index (χ1) is 9.74. The van der Waals surface area contributed by atoms with Crippen molar-refractivity contribution < 1.29 is 9.21 Å². The molecule has 0 atom stereocenters. The highest BCUT2D eigenvalue weighted by Crippen LogP contribution is 2.14. The van der Waals surface area contributed by atoms with Crippen LogP contribution in [0.15, 0.2) is 34.9 Å². The lowest BCUT2D eigenvalue weighted by atomic mass is 10.2. The third kappa shape index (κ3) is 2.49. The molecule has 2 aromatic heterocycles. The zero-order valence-corrected chi connectivity index (χ0v) is 11.3. The highest BCUT2D eigenvalue weighted by molar-refractivity contribution is 5.91. The molecular weight excluding hydrogens is 256 g/mol. The fourth-order valence-corrected chi connectivity index (χ4v) is 2.26. The van der Waals surface area contributed by atoms with Crippen LogP contribution >= 0.6 is 0 Å². The number of carbonyl (C=O) groups excluding carboxylic acids is 1. The van der Waals surface area contributed by atoms with Gasteiger partial charge in [-0.25, -0.2) is 0 Å². The van der Waals surface area contributed by atoms with Gasteiger partial charge in [0.25, 0.3) is 5.91 Å². The molecular formula is C14H16N4O2. The van der Waals surface area contributed by atoms with Crippen LogP contribution in [0.4, 0.5) is 5.82 Å².